The highest BCUT2D eigenvalue weighted by molar-refractivity contribution is 6.51. The maximum absolute atomic E-state index is 13.3. The van der Waals surface area contributed by atoms with Gasteiger partial charge in [0.1, 0.15) is 11.5 Å². The molecule has 3 aromatic rings. The van der Waals surface area contributed by atoms with Gasteiger partial charge in [-0.05, 0) is 66.9 Å². The number of esters is 1. The third-order valence-corrected chi connectivity index (χ3v) is 6.52. The van der Waals surface area contributed by atoms with Crippen molar-refractivity contribution in [3.05, 3.63) is 101 Å². The number of hydrogen-bond acceptors (Lipinski definition) is 6. The van der Waals surface area contributed by atoms with Gasteiger partial charge in [0, 0.05) is 11.3 Å². The van der Waals surface area contributed by atoms with Gasteiger partial charge in [0.2, 0.25) is 0 Å². The smallest absolute Gasteiger partial charge is 0.338 e. The van der Waals surface area contributed by atoms with Crippen LogP contribution >= 0.6 is 0 Å². The van der Waals surface area contributed by atoms with E-state index in [9.17, 15) is 19.5 Å². The molecule has 1 amide bonds. The first kappa shape index (κ1) is 27.6. The number of nitrogens with zero attached hydrogens (tertiary/aromatic N) is 1. The van der Waals surface area contributed by atoms with Gasteiger partial charge in [-0.2, -0.15) is 0 Å². The highest BCUT2D eigenvalue weighted by atomic mass is 16.5. The molecule has 1 heterocycles. The van der Waals surface area contributed by atoms with Crippen molar-refractivity contribution in [3.63, 3.8) is 0 Å². The maximum atomic E-state index is 13.3. The zero-order chi connectivity index (χ0) is 27.8. The van der Waals surface area contributed by atoms with Crippen molar-refractivity contribution in [1.29, 1.82) is 0 Å². The summed E-state index contributed by atoms with van der Waals surface area (Å²) in [5, 5.41) is 11.3. The number of benzene rings is 3. The molecule has 0 bridgehead atoms. The average molecular weight is 528 g/mol. The molecule has 1 saturated heterocycles. The number of hydrogen-bond donors (Lipinski definition) is 1. The van der Waals surface area contributed by atoms with Crippen LogP contribution in [-0.4, -0.2) is 36.0 Å². The van der Waals surface area contributed by atoms with Crippen molar-refractivity contribution in [3.8, 4) is 5.75 Å². The molecule has 39 heavy (non-hydrogen) atoms. The molecule has 4 rings (SSSR count). The molecular weight excluding hydrogens is 494 g/mol. The van der Waals surface area contributed by atoms with Gasteiger partial charge in [-0.25, -0.2) is 4.79 Å². The number of carbonyl (C=O) groups is 3. The van der Waals surface area contributed by atoms with Crippen molar-refractivity contribution in [2.75, 3.05) is 18.1 Å². The van der Waals surface area contributed by atoms with Crippen LogP contribution in [0, 0.1) is 0 Å². The second-order valence-electron chi connectivity index (χ2n) is 9.34. The summed E-state index contributed by atoms with van der Waals surface area (Å²) in [5.41, 5.74) is 1.84. The average Bonchev–Trinajstić information content (AvgIpc) is 3.24. The lowest BCUT2D eigenvalue weighted by Crippen LogP contribution is -2.29. The van der Waals surface area contributed by atoms with E-state index in [4.69, 9.17) is 9.47 Å². The predicted molar refractivity (Wildman–Crippen MR) is 150 cm³/mol. The second kappa shape index (κ2) is 12.9. The van der Waals surface area contributed by atoms with Crippen molar-refractivity contribution < 1.29 is 29.0 Å². The minimum absolute atomic E-state index is 0.00533. The number of anilines is 1. The second-order valence-corrected chi connectivity index (χ2v) is 9.34. The van der Waals surface area contributed by atoms with Gasteiger partial charge in [-0.1, -0.05) is 57.0 Å². The summed E-state index contributed by atoms with van der Waals surface area (Å²) in [7, 11) is 0. The van der Waals surface area contributed by atoms with E-state index in [-0.39, 0.29) is 11.3 Å². The first-order valence-corrected chi connectivity index (χ1v) is 13.3. The van der Waals surface area contributed by atoms with Gasteiger partial charge in [0.15, 0.2) is 0 Å². The number of rotatable bonds is 11. The van der Waals surface area contributed by atoms with E-state index >= 15 is 0 Å². The molecule has 1 unspecified atom stereocenters. The Morgan fingerprint density at radius 3 is 2.13 bits per heavy atom. The van der Waals surface area contributed by atoms with Gasteiger partial charge >= 0.3 is 5.97 Å². The Labute approximate surface area is 228 Å². The quantitative estimate of drug-likeness (QED) is 0.101. The van der Waals surface area contributed by atoms with Gasteiger partial charge in [-0.15, -0.1) is 0 Å². The van der Waals surface area contributed by atoms with Crippen LogP contribution in [-0.2, 0) is 14.3 Å². The van der Waals surface area contributed by atoms with Crippen LogP contribution in [0.25, 0.3) is 5.76 Å². The van der Waals surface area contributed by atoms with Gasteiger partial charge in [0.05, 0.1) is 30.4 Å². The molecule has 1 aliphatic heterocycles. The molecule has 1 N–H and O–H groups in total. The summed E-state index contributed by atoms with van der Waals surface area (Å²) in [4.78, 5) is 40.3. The molecule has 7 heteroatoms. The van der Waals surface area contributed by atoms with E-state index in [0.717, 1.165) is 19.3 Å². The standard InChI is InChI=1S/C32H33NO6/c1-3-5-9-21-38-26-18-14-23(15-19-26)29(34)27-28(22-10-7-6-8-11-22)33(31(36)30(27)35)25-16-12-24(13-17-25)32(37)39-20-4-2/h6-8,10-19,28,34H,3-5,9,20-21H2,1-2H3/b29-27+. The van der Waals surface area contributed by atoms with Crippen LogP contribution in [0.1, 0.15) is 67.1 Å². The topological polar surface area (TPSA) is 93.1 Å². The number of unbranched alkanes of at least 4 members (excludes halogenated alkanes) is 2. The molecule has 1 atom stereocenters. The fraction of sp³-hybridized carbons (Fsp3) is 0.281. The molecule has 202 valence electrons. The zero-order valence-electron chi connectivity index (χ0n) is 22.3. The fourth-order valence-electron chi connectivity index (χ4n) is 4.49. The number of ketones is 1. The van der Waals surface area contributed by atoms with E-state index in [1.807, 2.05) is 25.1 Å². The number of ether oxygens (including phenoxy) is 2. The Bertz CT molecular complexity index is 1330. The summed E-state index contributed by atoms with van der Waals surface area (Å²) in [6, 6.07) is 21.4. The van der Waals surface area contributed by atoms with E-state index in [1.165, 1.54) is 4.90 Å². The van der Waals surface area contributed by atoms with Gasteiger partial charge < -0.3 is 14.6 Å². The van der Waals surface area contributed by atoms with E-state index < -0.39 is 23.7 Å². The van der Waals surface area contributed by atoms with Crippen LogP contribution in [0.4, 0.5) is 5.69 Å². The highest BCUT2D eigenvalue weighted by Gasteiger charge is 2.46. The number of Topliss-reactive ketones (excluding diaryl/α,β-unsaturated/α-hetero) is 1. The first-order chi connectivity index (χ1) is 19.0. The Hall–Kier alpha value is -4.39. The molecule has 1 fully saturated rings. The summed E-state index contributed by atoms with van der Waals surface area (Å²) < 4.78 is 10.9. The Morgan fingerprint density at radius 1 is 0.821 bits per heavy atom. The minimum atomic E-state index is -0.853. The maximum Gasteiger partial charge on any atom is 0.338 e. The molecule has 3 aromatic carbocycles. The molecule has 0 aromatic heterocycles. The van der Waals surface area contributed by atoms with Crippen molar-refractivity contribution >= 4 is 29.1 Å². The van der Waals surface area contributed by atoms with E-state index in [2.05, 4.69) is 6.92 Å². The predicted octanol–water partition coefficient (Wildman–Crippen LogP) is 6.45. The number of carbonyl (C=O) groups excluding carboxylic acids is 3. The van der Waals surface area contributed by atoms with Crippen LogP contribution in [0.2, 0.25) is 0 Å². The van der Waals surface area contributed by atoms with Crippen molar-refractivity contribution in [2.45, 2.75) is 45.6 Å². The Kier molecular flexibility index (Phi) is 9.15. The van der Waals surface area contributed by atoms with Crippen LogP contribution in [0.15, 0.2) is 84.4 Å². The van der Waals surface area contributed by atoms with Crippen molar-refractivity contribution in [2.24, 2.45) is 0 Å². The van der Waals surface area contributed by atoms with Crippen molar-refractivity contribution in [1.82, 2.24) is 0 Å². The van der Waals surface area contributed by atoms with E-state index in [0.29, 0.717) is 47.8 Å². The SMILES string of the molecule is CCCCCOc1ccc(/C(O)=C2\C(=O)C(=O)N(c3ccc(C(=O)OCCC)cc3)C2c2ccccc2)cc1. The van der Waals surface area contributed by atoms with E-state index in [1.54, 1.807) is 60.7 Å². The number of amides is 1. The highest BCUT2D eigenvalue weighted by Crippen LogP contribution is 2.42. The summed E-state index contributed by atoms with van der Waals surface area (Å²) in [6.45, 7) is 4.96. The lowest BCUT2D eigenvalue weighted by molar-refractivity contribution is -0.132. The minimum Gasteiger partial charge on any atom is -0.507 e. The molecular formula is C32H33NO6. The Morgan fingerprint density at radius 2 is 1.49 bits per heavy atom. The molecule has 7 nitrogen and oxygen atoms in total. The summed E-state index contributed by atoms with van der Waals surface area (Å²) in [5.74, 6) is -1.60. The summed E-state index contributed by atoms with van der Waals surface area (Å²) in [6.07, 6.45) is 3.86. The third-order valence-electron chi connectivity index (χ3n) is 6.52. The third kappa shape index (κ3) is 6.20. The Balaban J connectivity index is 1.69. The monoisotopic (exact) mass is 527 g/mol. The molecule has 0 saturated carbocycles. The van der Waals surface area contributed by atoms with Crippen LogP contribution in [0.3, 0.4) is 0 Å². The lowest BCUT2D eigenvalue weighted by Gasteiger charge is -2.25. The van der Waals surface area contributed by atoms with Gasteiger partial charge in [-0.3, -0.25) is 14.5 Å². The fourth-order valence-corrected chi connectivity index (χ4v) is 4.49. The first-order valence-electron chi connectivity index (χ1n) is 13.3. The lowest BCUT2D eigenvalue weighted by atomic mass is 9.95. The largest absolute Gasteiger partial charge is 0.507 e. The molecule has 0 aliphatic carbocycles. The van der Waals surface area contributed by atoms with Crippen LogP contribution in [0.5, 0.6) is 5.75 Å². The van der Waals surface area contributed by atoms with Crippen LogP contribution < -0.4 is 9.64 Å². The van der Waals surface area contributed by atoms with Gasteiger partial charge in [0.25, 0.3) is 11.7 Å². The summed E-state index contributed by atoms with van der Waals surface area (Å²) >= 11 is 0. The molecule has 1 aliphatic rings. The molecule has 0 radical (unpaired) electrons. The normalized spacial score (nSPS) is 16.4. The molecule has 0 spiro atoms. The number of aliphatic hydroxyl groups is 1. The zero-order valence-corrected chi connectivity index (χ0v) is 22.3. The number of aliphatic hydroxyl groups excluding tert-OH is 1.